The summed E-state index contributed by atoms with van der Waals surface area (Å²) in [6.45, 7) is 1.91. The molecule has 0 spiro atoms. The molecular formula is C27H21ClN4O2. The second kappa shape index (κ2) is 10.6. The van der Waals surface area contributed by atoms with E-state index in [-0.39, 0.29) is 17.4 Å². The average molecular weight is 469 g/mol. The van der Waals surface area contributed by atoms with Gasteiger partial charge >= 0.3 is 0 Å². The van der Waals surface area contributed by atoms with E-state index in [1.54, 1.807) is 60.7 Å². The second-order valence-electron chi connectivity index (χ2n) is 7.50. The molecular weight excluding hydrogens is 448 g/mol. The molecule has 4 rings (SSSR count). The number of carbonyl (C=O) groups is 2. The summed E-state index contributed by atoms with van der Waals surface area (Å²) < 4.78 is 0. The summed E-state index contributed by atoms with van der Waals surface area (Å²) in [4.78, 5) is 25.8. The van der Waals surface area contributed by atoms with Gasteiger partial charge in [-0.1, -0.05) is 54.1 Å². The van der Waals surface area contributed by atoms with Gasteiger partial charge in [0.2, 0.25) is 0 Å². The van der Waals surface area contributed by atoms with Crippen molar-refractivity contribution >= 4 is 46.2 Å². The van der Waals surface area contributed by atoms with E-state index in [0.29, 0.717) is 33.3 Å². The topological polar surface area (TPSA) is 82.9 Å². The highest BCUT2D eigenvalue weighted by molar-refractivity contribution is 6.31. The van der Waals surface area contributed by atoms with Gasteiger partial charge in [-0.2, -0.15) is 10.2 Å². The van der Waals surface area contributed by atoms with Gasteiger partial charge in [0.05, 0.1) is 22.6 Å². The van der Waals surface area contributed by atoms with Gasteiger partial charge in [0, 0.05) is 16.3 Å². The van der Waals surface area contributed by atoms with Crippen molar-refractivity contribution in [3.05, 3.63) is 119 Å². The number of anilines is 2. The number of hydrogen-bond acceptors (Lipinski definition) is 4. The molecule has 2 N–H and O–H groups in total. The van der Waals surface area contributed by atoms with Crippen molar-refractivity contribution in [3.8, 4) is 0 Å². The van der Waals surface area contributed by atoms with E-state index >= 15 is 0 Å². The molecule has 0 aliphatic carbocycles. The summed E-state index contributed by atoms with van der Waals surface area (Å²) in [7, 11) is 0. The molecule has 4 aromatic carbocycles. The van der Waals surface area contributed by atoms with Crippen LogP contribution >= 0.6 is 11.6 Å². The molecule has 2 amide bonds. The van der Waals surface area contributed by atoms with Crippen LogP contribution in [0.25, 0.3) is 0 Å². The Kier molecular flexibility index (Phi) is 7.10. The first-order valence-corrected chi connectivity index (χ1v) is 10.9. The maximum absolute atomic E-state index is 13.1. The predicted octanol–water partition coefficient (Wildman–Crippen LogP) is 7.57. The third kappa shape index (κ3) is 5.74. The van der Waals surface area contributed by atoms with Crippen LogP contribution in [0.5, 0.6) is 0 Å². The van der Waals surface area contributed by atoms with E-state index in [9.17, 15) is 9.59 Å². The summed E-state index contributed by atoms with van der Waals surface area (Å²) in [6.07, 6.45) is 0. The van der Waals surface area contributed by atoms with Crippen LogP contribution in [0.3, 0.4) is 0 Å². The first kappa shape index (κ1) is 22.9. The fourth-order valence-corrected chi connectivity index (χ4v) is 3.33. The third-order valence-corrected chi connectivity index (χ3v) is 5.41. The number of azo groups is 1. The molecule has 6 nitrogen and oxygen atoms in total. The Bertz CT molecular complexity index is 1360. The van der Waals surface area contributed by atoms with Crippen molar-refractivity contribution in [2.24, 2.45) is 10.2 Å². The number of nitrogens with zero attached hydrogens (tertiary/aromatic N) is 2. The Balaban J connectivity index is 1.64. The number of nitrogens with one attached hydrogen (secondary N) is 2. The monoisotopic (exact) mass is 468 g/mol. The van der Waals surface area contributed by atoms with Crippen molar-refractivity contribution in [1.82, 2.24) is 0 Å². The van der Waals surface area contributed by atoms with Gasteiger partial charge in [-0.05, 0) is 67.1 Å². The van der Waals surface area contributed by atoms with Crippen molar-refractivity contribution in [1.29, 1.82) is 0 Å². The van der Waals surface area contributed by atoms with Crippen LogP contribution in [-0.4, -0.2) is 11.8 Å². The second-order valence-corrected chi connectivity index (χ2v) is 7.91. The van der Waals surface area contributed by atoms with Crippen molar-refractivity contribution in [2.45, 2.75) is 6.92 Å². The lowest BCUT2D eigenvalue weighted by atomic mass is 10.1. The Morgan fingerprint density at radius 1 is 0.706 bits per heavy atom. The average Bonchev–Trinajstić information content (AvgIpc) is 2.86. The summed E-state index contributed by atoms with van der Waals surface area (Å²) in [6, 6.07) is 28.1. The number of carbonyl (C=O) groups excluding carboxylic acids is 2. The molecule has 0 radical (unpaired) electrons. The van der Waals surface area contributed by atoms with Crippen molar-refractivity contribution < 1.29 is 9.59 Å². The molecule has 0 fully saturated rings. The zero-order valence-corrected chi connectivity index (χ0v) is 19.1. The van der Waals surface area contributed by atoms with E-state index in [4.69, 9.17) is 11.6 Å². The van der Waals surface area contributed by atoms with Gasteiger partial charge in [-0.15, -0.1) is 0 Å². The van der Waals surface area contributed by atoms with Crippen LogP contribution in [0.15, 0.2) is 107 Å². The molecule has 0 saturated heterocycles. The van der Waals surface area contributed by atoms with Gasteiger partial charge < -0.3 is 10.6 Å². The van der Waals surface area contributed by atoms with E-state index in [1.165, 1.54) is 0 Å². The molecule has 0 unspecified atom stereocenters. The lowest BCUT2D eigenvalue weighted by Crippen LogP contribution is -2.18. The van der Waals surface area contributed by atoms with Crippen LogP contribution in [0.4, 0.5) is 22.7 Å². The quantitative estimate of drug-likeness (QED) is 0.286. The number of aryl methyl sites for hydroxylation is 1. The zero-order chi connectivity index (χ0) is 23.9. The van der Waals surface area contributed by atoms with Gasteiger partial charge in [0.15, 0.2) is 0 Å². The lowest BCUT2D eigenvalue weighted by Gasteiger charge is -2.12. The Labute approximate surface area is 202 Å². The minimum absolute atomic E-state index is 0.256. The fraction of sp³-hybridized carbons (Fsp3) is 0.0370. The normalized spacial score (nSPS) is 10.8. The third-order valence-electron chi connectivity index (χ3n) is 5.00. The van der Waals surface area contributed by atoms with E-state index in [1.807, 2.05) is 43.3 Å². The number of amides is 2. The van der Waals surface area contributed by atoms with E-state index in [0.717, 1.165) is 5.56 Å². The maximum Gasteiger partial charge on any atom is 0.257 e. The van der Waals surface area contributed by atoms with Gasteiger partial charge in [-0.25, -0.2) is 0 Å². The molecule has 0 aliphatic rings. The fourth-order valence-electron chi connectivity index (χ4n) is 3.15. The van der Waals surface area contributed by atoms with Crippen LogP contribution in [0.1, 0.15) is 26.3 Å². The molecule has 0 bridgehead atoms. The standard InChI is InChI=1S/C27H21ClN4O2/c1-18-12-13-22(17-24(18)28)32-31-21-14-15-25(30-26(33)19-8-4-2-5-9-19)23(16-21)27(34)29-20-10-6-3-7-11-20/h2-17H,1H3,(H,29,34)(H,30,33). The summed E-state index contributed by atoms with van der Waals surface area (Å²) in [5.41, 5.74) is 3.72. The SMILES string of the molecule is Cc1ccc(N=Nc2ccc(NC(=O)c3ccccc3)c(C(=O)Nc3ccccc3)c2)cc1Cl. The maximum atomic E-state index is 13.1. The number of para-hydroxylation sites is 1. The highest BCUT2D eigenvalue weighted by Gasteiger charge is 2.16. The number of halogens is 1. The number of rotatable bonds is 6. The molecule has 34 heavy (non-hydrogen) atoms. The van der Waals surface area contributed by atoms with Crippen molar-refractivity contribution in [2.75, 3.05) is 10.6 Å². The van der Waals surface area contributed by atoms with Crippen LogP contribution in [-0.2, 0) is 0 Å². The van der Waals surface area contributed by atoms with E-state index < -0.39 is 0 Å². The van der Waals surface area contributed by atoms with Crippen LogP contribution in [0.2, 0.25) is 5.02 Å². The van der Waals surface area contributed by atoms with Crippen LogP contribution < -0.4 is 10.6 Å². The van der Waals surface area contributed by atoms with Gasteiger partial charge in [-0.3, -0.25) is 9.59 Å². The largest absolute Gasteiger partial charge is 0.322 e. The summed E-state index contributed by atoms with van der Waals surface area (Å²) in [5.74, 6) is -0.706. The molecule has 168 valence electrons. The molecule has 0 aliphatic heterocycles. The molecule has 7 heteroatoms. The summed E-state index contributed by atoms with van der Waals surface area (Å²) >= 11 is 6.16. The predicted molar refractivity (Wildman–Crippen MR) is 136 cm³/mol. The van der Waals surface area contributed by atoms with Gasteiger partial charge in [0.25, 0.3) is 11.8 Å². The Morgan fingerprint density at radius 2 is 1.32 bits per heavy atom. The number of benzene rings is 4. The first-order chi connectivity index (χ1) is 16.5. The summed E-state index contributed by atoms with van der Waals surface area (Å²) in [5, 5.41) is 14.7. The molecule has 4 aromatic rings. The molecule has 0 atom stereocenters. The highest BCUT2D eigenvalue weighted by atomic mass is 35.5. The minimum atomic E-state index is -0.384. The molecule has 0 saturated carbocycles. The minimum Gasteiger partial charge on any atom is -0.322 e. The molecule has 0 heterocycles. The zero-order valence-electron chi connectivity index (χ0n) is 18.3. The number of hydrogen-bond donors (Lipinski definition) is 2. The Hall–Kier alpha value is -4.29. The van der Waals surface area contributed by atoms with Crippen molar-refractivity contribution in [3.63, 3.8) is 0 Å². The van der Waals surface area contributed by atoms with Gasteiger partial charge in [0.1, 0.15) is 0 Å². The molecule has 0 aromatic heterocycles. The van der Waals surface area contributed by atoms with Crippen LogP contribution in [0, 0.1) is 6.92 Å². The lowest BCUT2D eigenvalue weighted by molar-refractivity contribution is 0.102. The first-order valence-electron chi connectivity index (χ1n) is 10.5. The Morgan fingerprint density at radius 3 is 2.00 bits per heavy atom. The van der Waals surface area contributed by atoms with E-state index in [2.05, 4.69) is 20.9 Å². The highest BCUT2D eigenvalue weighted by Crippen LogP contribution is 2.28. The smallest absolute Gasteiger partial charge is 0.257 e.